The molecule has 0 fully saturated rings. The van der Waals surface area contributed by atoms with Crippen LogP contribution in [0.25, 0.3) is 0 Å². The van der Waals surface area contributed by atoms with Crippen molar-refractivity contribution < 1.29 is 0 Å². The van der Waals surface area contributed by atoms with E-state index in [1.165, 1.54) is 0 Å². The van der Waals surface area contributed by atoms with Crippen LogP contribution in [0, 0.1) is 0 Å². The molecule has 0 aromatic carbocycles. The summed E-state index contributed by atoms with van der Waals surface area (Å²) in [5.74, 6) is 2.74. The first-order valence-corrected chi connectivity index (χ1v) is 6.42. The van der Waals surface area contributed by atoms with Gasteiger partial charge in [0.05, 0.1) is 6.54 Å². The van der Waals surface area contributed by atoms with Gasteiger partial charge in [0.25, 0.3) is 0 Å². The first-order chi connectivity index (χ1) is 8.76. The van der Waals surface area contributed by atoms with Gasteiger partial charge in [-0.2, -0.15) is 0 Å². The smallest absolute Gasteiger partial charge is 0.134 e. The van der Waals surface area contributed by atoms with Crippen LogP contribution in [0.2, 0.25) is 5.15 Å². The molecule has 3 rings (SSSR count). The summed E-state index contributed by atoms with van der Waals surface area (Å²) in [6.07, 6.45) is 4.64. The molecule has 94 valence electrons. The average Bonchev–Trinajstić information content (AvgIpc) is 2.85. The van der Waals surface area contributed by atoms with Crippen LogP contribution in [0.4, 0.5) is 5.82 Å². The Kier molecular flexibility index (Phi) is 2.91. The largest absolute Gasteiger partial charge is 0.347 e. The maximum absolute atomic E-state index is 6.03. The van der Waals surface area contributed by atoms with E-state index < -0.39 is 0 Å². The fraction of sp³-hybridized carbons (Fsp3) is 0.417. The average molecular weight is 264 g/mol. The molecule has 0 amide bonds. The zero-order valence-corrected chi connectivity index (χ0v) is 10.9. The number of halogens is 1. The number of hydrogen-bond donors (Lipinski definition) is 0. The van der Waals surface area contributed by atoms with Crippen molar-refractivity contribution in [1.29, 1.82) is 0 Å². The van der Waals surface area contributed by atoms with Gasteiger partial charge in [-0.3, -0.25) is 0 Å². The van der Waals surface area contributed by atoms with Gasteiger partial charge in [-0.25, -0.2) is 15.0 Å². The van der Waals surface area contributed by atoms with Crippen LogP contribution < -0.4 is 4.90 Å². The van der Waals surface area contributed by atoms with E-state index in [2.05, 4.69) is 24.4 Å². The second kappa shape index (κ2) is 4.57. The van der Waals surface area contributed by atoms with Crippen molar-refractivity contribution in [3.05, 3.63) is 35.3 Å². The standard InChI is InChI=1S/C12H14ClN5/c1-2-10-15-9(13)7-11(16-10)18-6-5-17-4-3-14-12(17)8-18/h3-4,7H,2,5-6,8H2,1H3. The lowest BCUT2D eigenvalue weighted by Crippen LogP contribution is -2.34. The van der Waals surface area contributed by atoms with Crippen molar-refractivity contribution in [1.82, 2.24) is 19.5 Å². The number of fused-ring (bicyclic) bond motifs is 1. The lowest BCUT2D eigenvalue weighted by atomic mass is 10.3. The quantitative estimate of drug-likeness (QED) is 0.777. The molecule has 6 heteroatoms. The summed E-state index contributed by atoms with van der Waals surface area (Å²) in [6.45, 7) is 4.64. The number of rotatable bonds is 2. The molecule has 0 spiro atoms. The molecule has 0 saturated carbocycles. The number of hydrogen-bond acceptors (Lipinski definition) is 4. The van der Waals surface area contributed by atoms with E-state index in [1.807, 2.05) is 25.4 Å². The Bertz CT molecular complexity index is 565. The molecule has 1 aliphatic rings. The van der Waals surface area contributed by atoms with Crippen molar-refractivity contribution in [3.63, 3.8) is 0 Å². The van der Waals surface area contributed by atoms with E-state index in [9.17, 15) is 0 Å². The maximum Gasteiger partial charge on any atom is 0.134 e. The van der Waals surface area contributed by atoms with Crippen molar-refractivity contribution in [2.45, 2.75) is 26.4 Å². The molecule has 0 radical (unpaired) electrons. The van der Waals surface area contributed by atoms with Crippen LogP contribution in [-0.2, 0) is 19.5 Å². The molecule has 0 N–H and O–H groups in total. The Morgan fingerprint density at radius 2 is 2.22 bits per heavy atom. The zero-order valence-electron chi connectivity index (χ0n) is 10.2. The Balaban J connectivity index is 1.90. The van der Waals surface area contributed by atoms with Crippen LogP contribution in [0.1, 0.15) is 18.6 Å². The van der Waals surface area contributed by atoms with Gasteiger partial charge >= 0.3 is 0 Å². The molecule has 0 aliphatic carbocycles. The van der Waals surface area contributed by atoms with E-state index in [4.69, 9.17) is 11.6 Å². The minimum absolute atomic E-state index is 0.505. The van der Waals surface area contributed by atoms with Gasteiger partial charge in [0.1, 0.15) is 22.6 Å². The number of aromatic nitrogens is 4. The Morgan fingerprint density at radius 1 is 1.33 bits per heavy atom. The highest BCUT2D eigenvalue weighted by molar-refractivity contribution is 6.29. The summed E-state index contributed by atoms with van der Waals surface area (Å²) in [5.41, 5.74) is 0. The van der Waals surface area contributed by atoms with Crippen LogP contribution in [-0.4, -0.2) is 26.1 Å². The summed E-state index contributed by atoms with van der Waals surface area (Å²) in [5, 5.41) is 0.505. The van der Waals surface area contributed by atoms with Crippen LogP contribution in [0.5, 0.6) is 0 Å². The SMILES string of the molecule is CCc1nc(Cl)cc(N2CCn3ccnc3C2)n1. The molecule has 0 saturated heterocycles. The topological polar surface area (TPSA) is 46.8 Å². The van der Waals surface area contributed by atoms with Crippen LogP contribution >= 0.6 is 11.6 Å². The summed E-state index contributed by atoms with van der Waals surface area (Å²) >= 11 is 6.03. The van der Waals surface area contributed by atoms with Gasteiger partial charge in [-0.1, -0.05) is 18.5 Å². The van der Waals surface area contributed by atoms with Crippen LogP contribution in [0.3, 0.4) is 0 Å². The lowest BCUT2D eigenvalue weighted by molar-refractivity contribution is 0.555. The minimum Gasteiger partial charge on any atom is -0.347 e. The van der Waals surface area contributed by atoms with E-state index in [-0.39, 0.29) is 0 Å². The monoisotopic (exact) mass is 263 g/mol. The van der Waals surface area contributed by atoms with Gasteiger partial charge < -0.3 is 9.47 Å². The van der Waals surface area contributed by atoms with Gasteiger partial charge in [0.2, 0.25) is 0 Å². The maximum atomic E-state index is 6.03. The lowest BCUT2D eigenvalue weighted by Gasteiger charge is -2.28. The number of nitrogens with zero attached hydrogens (tertiary/aromatic N) is 5. The fourth-order valence-electron chi connectivity index (χ4n) is 2.14. The Hall–Kier alpha value is -1.62. The third-order valence-corrected chi connectivity index (χ3v) is 3.31. The summed E-state index contributed by atoms with van der Waals surface area (Å²) in [6, 6.07) is 1.82. The van der Waals surface area contributed by atoms with Gasteiger partial charge in [-0.15, -0.1) is 0 Å². The highest BCUT2D eigenvalue weighted by Gasteiger charge is 2.18. The normalized spacial score (nSPS) is 14.7. The van der Waals surface area contributed by atoms with Crippen molar-refractivity contribution in [2.24, 2.45) is 0 Å². The van der Waals surface area contributed by atoms with Crippen molar-refractivity contribution in [3.8, 4) is 0 Å². The van der Waals surface area contributed by atoms with Gasteiger partial charge in [-0.05, 0) is 0 Å². The highest BCUT2D eigenvalue weighted by Crippen LogP contribution is 2.20. The third kappa shape index (κ3) is 2.06. The van der Waals surface area contributed by atoms with Gasteiger partial charge in [0, 0.05) is 38.0 Å². The third-order valence-electron chi connectivity index (χ3n) is 3.11. The number of aryl methyl sites for hydroxylation is 1. The number of imidazole rings is 1. The Labute approximate surface area is 110 Å². The first kappa shape index (κ1) is 11.5. The van der Waals surface area contributed by atoms with E-state index in [0.29, 0.717) is 5.15 Å². The molecule has 2 aromatic rings. The molecule has 0 bridgehead atoms. The van der Waals surface area contributed by atoms with E-state index >= 15 is 0 Å². The predicted molar refractivity (Wildman–Crippen MR) is 69.7 cm³/mol. The van der Waals surface area contributed by atoms with E-state index in [0.717, 1.165) is 43.5 Å². The molecular weight excluding hydrogens is 250 g/mol. The highest BCUT2D eigenvalue weighted by atomic mass is 35.5. The Morgan fingerprint density at radius 3 is 3.06 bits per heavy atom. The first-order valence-electron chi connectivity index (χ1n) is 6.04. The van der Waals surface area contributed by atoms with E-state index in [1.54, 1.807) is 0 Å². The molecular formula is C12H14ClN5. The molecule has 0 atom stereocenters. The predicted octanol–water partition coefficient (Wildman–Crippen LogP) is 1.91. The van der Waals surface area contributed by atoms with Crippen LogP contribution in [0.15, 0.2) is 18.5 Å². The fourth-order valence-corrected chi connectivity index (χ4v) is 2.34. The van der Waals surface area contributed by atoms with Crippen molar-refractivity contribution >= 4 is 17.4 Å². The second-order valence-corrected chi connectivity index (χ2v) is 4.66. The second-order valence-electron chi connectivity index (χ2n) is 4.28. The minimum atomic E-state index is 0.505. The summed E-state index contributed by atoms with van der Waals surface area (Å²) in [4.78, 5) is 15.2. The molecule has 18 heavy (non-hydrogen) atoms. The summed E-state index contributed by atoms with van der Waals surface area (Å²) in [7, 11) is 0. The molecule has 0 unspecified atom stereocenters. The zero-order chi connectivity index (χ0) is 12.5. The molecule has 1 aliphatic heterocycles. The summed E-state index contributed by atoms with van der Waals surface area (Å²) < 4.78 is 2.17. The molecule has 3 heterocycles. The van der Waals surface area contributed by atoms with Gasteiger partial charge in [0.15, 0.2) is 0 Å². The van der Waals surface area contributed by atoms with Crippen molar-refractivity contribution in [2.75, 3.05) is 11.4 Å². The molecule has 5 nitrogen and oxygen atoms in total. The number of anilines is 1. The molecule has 2 aromatic heterocycles.